The van der Waals surface area contributed by atoms with Gasteiger partial charge in [0, 0.05) is 18.0 Å². The molecule has 0 amide bonds. The number of carbonyl (C=O) groups excluding carboxylic acids is 1. The van der Waals surface area contributed by atoms with Crippen LogP contribution >= 0.6 is 0 Å². The van der Waals surface area contributed by atoms with Crippen molar-refractivity contribution in [2.75, 3.05) is 0 Å². The lowest BCUT2D eigenvalue weighted by Crippen LogP contribution is -2.18. The van der Waals surface area contributed by atoms with E-state index in [2.05, 4.69) is 0 Å². The average molecular weight is 231 g/mol. The monoisotopic (exact) mass is 231 g/mol. The van der Waals surface area contributed by atoms with E-state index in [1.807, 2.05) is 25.1 Å². The minimum atomic E-state index is 0.256. The topological polar surface area (TPSA) is 43.1 Å². The van der Waals surface area contributed by atoms with Crippen LogP contribution in [0.2, 0.25) is 0 Å². The molecular weight excluding hydrogens is 210 g/mol. The van der Waals surface area contributed by atoms with Gasteiger partial charge in [0.05, 0.1) is 0 Å². The molecule has 0 aliphatic heterocycles. The molecule has 0 bridgehead atoms. The van der Waals surface area contributed by atoms with Crippen LogP contribution in [0.3, 0.4) is 0 Å². The Morgan fingerprint density at radius 2 is 2.00 bits per heavy atom. The summed E-state index contributed by atoms with van der Waals surface area (Å²) in [4.78, 5) is 12.3. The van der Waals surface area contributed by atoms with E-state index in [0.717, 1.165) is 29.5 Å². The molecule has 92 valence electrons. The first-order valence-electron chi connectivity index (χ1n) is 6.56. The summed E-state index contributed by atoms with van der Waals surface area (Å²) >= 11 is 0. The predicted octanol–water partition coefficient (Wildman–Crippen LogP) is 3.22. The first-order valence-corrected chi connectivity index (χ1v) is 6.56. The van der Waals surface area contributed by atoms with Crippen molar-refractivity contribution in [3.8, 4) is 0 Å². The number of hydrogen-bond acceptors (Lipinski definition) is 2. The van der Waals surface area contributed by atoms with Gasteiger partial charge in [-0.25, -0.2) is 0 Å². The van der Waals surface area contributed by atoms with Gasteiger partial charge in [-0.15, -0.1) is 0 Å². The number of carbonyl (C=O) groups is 1. The Morgan fingerprint density at radius 1 is 1.29 bits per heavy atom. The molecule has 17 heavy (non-hydrogen) atoms. The zero-order valence-corrected chi connectivity index (χ0v) is 10.5. The zero-order chi connectivity index (χ0) is 12.3. The average Bonchev–Trinajstić information content (AvgIpc) is 2.39. The Labute approximate surface area is 103 Å². The molecule has 1 aromatic rings. The summed E-state index contributed by atoms with van der Waals surface area (Å²) in [6.45, 7) is 2.57. The Balaban J connectivity index is 2.16. The maximum absolute atomic E-state index is 12.3. The third-order valence-corrected chi connectivity index (χ3v) is 3.82. The maximum Gasteiger partial charge on any atom is 0.165 e. The third kappa shape index (κ3) is 2.75. The summed E-state index contributed by atoms with van der Waals surface area (Å²) in [6.07, 6.45) is 5.83. The van der Waals surface area contributed by atoms with E-state index >= 15 is 0 Å². The SMILES string of the molecule is Cc1cc(C(=O)C2CCCCC2)ccc1CN. The van der Waals surface area contributed by atoms with Crippen molar-refractivity contribution in [1.29, 1.82) is 0 Å². The van der Waals surface area contributed by atoms with Crippen molar-refractivity contribution in [2.45, 2.75) is 45.6 Å². The molecule has 0 spiro atoms. The van der Waals surface area contributed by atoms with Crippen LogP contribution in [0.25, 0.3) is 0 Å². The Kier molecular flexibility index (Phi) is 3.95. The quantitative estimate of drug-likeness (QED) is 0.812. The molecule has 0 heterocycles. The molecule has 0 atom stereocenters. The van der Waals surface area contributed by atoms with Crippen molar-refractivity contribution in [3.63, 3.8) is 0 Å². The highest BCUT2D eigenvalue weighted by atomic mass is 16.1. The van der Waals surface area contributed by atoms with Gasteiger partial charge in [0.15, 0.2) is 5.78 Å². The van der Waals surface area contributed by atoms with Crippen molar-refractivity contribution in [3.05, 3.63) is 34.9 Å². The van der Waals surface area contributed by atoms with Crippen molar-refractivity contribution >= 4 is 5.78 Å². The second kappa shape index (κ2) is 5.46. The first kappa shape index (κ1) is 12.3. The van der Waals surface area contributed by atoms with Crippen LogP contribution in [0.1, 0.15) is 53.6 Å². The van der Waals surface area contributed by atoms with E-state index in [9.17, 15) is 4.79 Å². The number of benzene rings is 1. The third-order valence-electron chi connectivity index (χ3n) is 3.82. The van der Waals surface area contributed by atoms with Gasteiger partial charge in [0.25, 0.3) is 0 Å². The molecule has 0 radical (unpaired) electrons. The number of nitrogens with two attached hydrogens (primary N) is 1. The van der Waals surface area contributed by atoms with Crippen LogP contribution in [0.15, 0.2) is 18.2 Å². The van der Waals surface area contributed by atoms with Crippen LogP contribution in [-0.2, 0) is 6.54 Å². The molecule has 1 fully saturated rings. The van der Waals surface area contributed by atoms with E-state index in [4.69, 9.17) is 5.73 Å². The van der Waals surface area contributed by atoms with E-state index in [1.165, 1.54) is 19.3 Å². The van der Waals surface area contributed by atoms with Gasteiger partial charge in [-0.3, -0.25) is 4.79 Å². The van der Waals surface area contributed by atoms with E-state index < -0.39 is 0 Å². The summed E-state index contributed by atoms with van der Waals surface area (Å²) in [5, 5.41) is 0. The summed E-state index contributed by atoms with van der Waals surface area (Å²) in [7, 11) is 0. The molecule has 1 saturated carbocycles. The lowest BCUT2D eigenvalue weighted by Gasteiger charge is -2.20. The maximum atomic E-state index is 12.3. The standard InChI is InChI=1S/C15H21NO/c1-11-9-13(7-8-14(11)10-16)15(17)12-5-3-2-4-6-12/h7-9,12H,2-6,10,16H2,1H3. The lowest BCUT2D eigenvalue weighted by molar-refractivity contribution is 0.0889. The fourth-order valence-electron chi connectivity index (χ4n) is 2.68. The van der Waals surface area contributed by atoms with Gasteiger partial charge in [-0.2, -0.15) is 0 Å². The van der Waals surface area contributed by atoms with Crippen LogP contribution in [0.4, 0.5) is 0 Å². The number of ketones is 1. The summed E-state index contributed by atoms with van der Waals surface area (Å²) in [5.74, 6) is 0.586. The molecule has 2 heteroatoms. The zero-order valence-electron chi connectivity index (χ0n) is 10.5. The minimum absolute atomic E-state index is 0.256. The highest BCUT2D eigenvalue weighted by molar-refractivity contribution is 5.98. The fraction of sp³-hybridized carbons (Fsp3) is 0.533. The Bertz CT molecular complexity index is 405. The summed E-state index contributed by atoms with van der Waals surface area (Å²) < 4.78 is 0. The molecule has 2 rings (SSSR count). The van der Waals surface area contributed by atoms with Crippen molar-refractivity contribution in [1.82, 2.24) is 0 Å². The van der Waals surface area contributed by atoms with Gasteiger partial charge >= 0.3 is 0 Å². The molecule has 1 aromatic carbocycles. The molecule has 2 N–H and O–H groups in total. The van der Waals surface area contributed by atoms with Gasteiger partial charge in [-0.1, -0.05) is 31.4 Å². The number of aryl methyl sites for hydroxylation is 1. The van der Waals surface area contributed by atoms with Gasteiger partial charge in [0.1, 0.15) is 0 Å². The highest BCUT2D eigenvalue weighted by Crippen LogP contribution is 2.27. The molecule has 0 unspecified atom stereocenters. The first-order chi connectivity index (χ1) is 8.22. The predicted molar refractivity (Wildman–Crippen MR) is 70.0 cm³/mol. The molecule has 1 aliphatic carbocycles. The Hall–Kier alpha value is -1.15. The second-order valence-corrected chi connectivity index (χ2v) is 5.04. The lowest BCUT2D eigenvalue weighted by atomic mass is 9.83. The molecule has 0 aromatic heterocycles. The Morgan fingerprint density at radius 3 is 2.59 bits per heavy atom. The number of hydrogen-bond donors (Lipinski definition) is 1. The molecule has 1 aliphatic rings. The van der Waals surface area contributed by atoms with Gasteiger partial charge in [0.2, 0.25) is 0 Å². The highest BCUT2D eigenvalue weighted by Gasteiger charge is 2.22. The van der Waals surface area contributed by atoms with Crippen LogP contribution in [-0.4, -0.2) is 5.78 Å². The summed E-state index contributed by atoms with van der Waals surface area (Å²) in [6, 6.07) is 5.93. The second-order valence-electron chi connectivity index (χ2n) is 5.04. The smallest absolute Gasteiger partial charge is 0.165 e. The van der Waals surface area contributed by atoms with E-state index in [1.54, 1.807) is 0 Å². The fourth-order valence-corrected chi connectivity index (χ4v) is 2.68. The van der Waals surface area contributed by atoms with Crippen molar-refractivity contribution < 1.29 is 4.79 Å². The molecule has 2 nitrogen and oxygen atoms in total. The van der Waals surface area contributed by atoms with Crippen LogP contribution in [0, 0.1) is 12.8 Å². The van der Waals surface area contributed by atoms with E-state index in [0.29, 0.717) is 12.3 Å². The van der Waals surface area contributed by atoms with Crippen molar-refractivity contribution in [2.24, 2.45) is 11.7 Å². The minimum Gasteiger partial charge on any atom is -0.326 e. The van der Waals surface area contributed by atoms with Gasteiger partial charge < -0.3 is 5.73 Å². The van der Waals surface area contributed by atoms with E-state index in [-0.39, 0.29) is 5.92 Å². The van der Waals surface area contributed by atoms with Crippen LogP contribution < -0.4 is 5.73 Å². The largest absolute Gasteiger partial charge is 0.326 e. The van der Waals surface area contributed by atoms with Gasteiger partial charge in [-0.05, 0) is 37.0 Å². The molecular formula is C15H21NO. The summed E-state index contributed by atoms with van der Waals surface area (Å²) in [5.41, 5.74) is 8.77. The number of Topliss-reactive ketones (excluding diaryl/α,β-unsaturated/α-hetero) is 1. The van der Waals surface area contributed by atoms with Crippen LogP contribution in [0.5, 0.6) is 0 Å². The normalized spacial score (nSPS) is 17.1. The number of rotatable bonds is 3. The molecule has 0 saturated heterocycles.